The quantitative estimate of drug-likeness (QED) is 0.742. The van der Waals surface area contributed by atoms with Crippen LogP contribution in [0.25, 0.3) is 5.57 Å². The smallest absolute Gasteiger partial charge is 0.262 e. The molecule has 0 radical (unpaired) electrons. The van der Waals surface area contributed by atoms with Gasteiger partial charge in [-0.15, -0.1) is 0 Å². The van der Waals surface area contributed by atoms with Crippen molar-refractivity contribution in [1.29, 1.82) is 5.26 Å². The summed E-state index contributed by atoms with van der Waals surface area (Å²) in [5.41, 5.74) is 1.94. The molecule has 124 valence electrons. The summed E-state index contributed by atoms with van der Waals surface area (Å²) < 4.78 is 0. The van der Waals surface area contributed by atoms with Gasteiger partial charge in [-0.2, -0.15) is 5.26 Å². The molecule has 1 amide bonds. The van der Waals surface area contributed by atoms with E-state index in [9.17, 15) is 15.2 Å². The van der Waals surface area contributed by atoms with E-state index in [1.807, 2.05) is 13.1 Å². The SMILES string of the molecule is CN1CC=C(c2c(C#N)ccc(O)c2C(=O)NC2=NCCN2)CC1. The molecule has 0 bridgehead atoms. The van der Waals surface area contributed by atoms with Crippen molar-refractivity contribution in [2.24, 2.45) is 4.99 Å². The zero-order valence-electron chi connectivity index (χ0n) is 13.5. The van der Waals surface area contributed by atoms with E-state index in [0.29, 0.717) is 36.6 Å². The van der Waals surface area contributed by atoms with Crippen LogP contribution in [0.4, 0.5) is 0 Å². The van der Waals surface area contributed by atoms with Crippen molar-refractivity contribution in [2.45, 2.75) is 6.42 Å². The molecule has 0 saturated heterocycles. The lowest BCUT2D eigenvalue weighted by molar-refractivity contribution is 0.0973. The Hall–Kier alpha value is -2.85. The van der Waals surface area contributed by atoms with Crippen LogP contribution in [0.5, 0.6) is 5.75 Å². The van der Waals surface area contributed by atoms with Crippen LogP contribution in [0.15, 0.2) is 23.2 Å². The third-order valence-electron chi connectivity index (χ3n) is 4.17. The number of guanidine groups is 1. The summed E-state index contributed by atoms with van der Waals surface area (Å²) in [4.78, 5) is 19.0. The highest BCUT2D eigenvalue weighted by Gasteiger charge is 2.25. The second-order valence-corrected chi connectivity index (χ2v) is 5.85. The molecule has 0 atom stereocenters. The highest BCUT2D eigenvalue weighted by Crippen LogP contribution is 2.33. The molecule has 0 fully saturated rings. The van der Waals surface area contributed by atoms with Gasteiger partial charge in [0.25, 0.3) is 5.91 Å². The standard InChI is InChI=1S/C17H19N5O2/c1-22-8-4-11(5-9-22)14-12(10-18)2-3-13(23)15(14)16(24)21-17-19-6-7-20-17/h2-4,23H,5-9H2,1H3,(H2,19,20,21,24). The number of nitriles is 1. The number of phenolic OH excluding ortho intramolecular Hbond substituents is 1. The van der Waals surface area contributed by atoms with E-state index in [2.05, 4.69) is 26.6 Å². The monoisotopic (exact) mass is 325 g/mol. The molecule has 2 aliphatic rings. The number of hydrogen-bond acceptors (Lipinski definition) is 6. The van der Waals surface area contributed by atoms with E-state index in [-0.39, 0.29) is 11.3 Å². The summed E-state index contributed by atoms with van der Waals surface area (Å²) in [6.07, 6.45) is 2.72. The highest BCUT2D eigenvalue weighted by atomic mass is 16.3. The fourth-order valence-electron chi connectivity index (χ4n) is 2.90. The maximum absolute atomic E-state index is 12.7. The molecule has 7 nitrogen and oxygen atoms in total. The lowest BCUT2D eigenvalue weighted by Gasteiger charge is -2.24. The van der Waals surface area contributed by atoms with Gasteiger partial charge >= 0.3 is 0 Å². The molecular weight excluding hydrogens is 306 g/mol. The summed E-state index contributed by atoms with van der Waals surface area (Å²) in [7, 11) is 2.01. The second kappa shape index (κ2) is 6.72. The van der Waals surface area contributed by atoms with Crippen molar-refractivity contribution >= 4 is 17.4 Å². The van der Waals surface area contributed by atoms with Crippen LogP contribution >= 0.6 is 0 Å². The Balaban J connectivity index is 2.04. The molecule has 1 aromatic rings. The molecule has 2 heterocycles. The number of likely N-dealkylation sites (N-methyl/N-ethyl adjacent to an activating group) is 1. The Bertz CT molecular complexity index is 776. The summed E-state index contributed by atoms with van der Waals surface area (Å²) in [6.45, 7) is 2.85. The van der Waals surface area contributed by atoms with Gasteiger partial charge in [-0.3, -0.25) is 15.1 Å². The van der Waals surface area contributed by atoms with Gasteiger partial charge in [0.2, 0.25) is 0 Å². The molecular formula is C17H19N5O2. The first kappa shape index (κ1) is 16.0. The Morgan fingerprint density at radius 1 is 1.50 bits per heavy atom. The Morgan fingerprint density at radius 3 is 2.96 bits per heavy atom. The Kier molecular flexibility index (Phi) is 4.49. The Morgan fingerprint density at radius 2 is 2.33 bits per heavy atom. The maximum Gasteiger partial charge on any atom is 0.262 e. The number of nitrogens with zero attached hydrogens (tertiary/aromatic N) is 3. The van der Waals surface area contributed by atoms with E-state index in [1.54, 1.807) is 6.07 Å². The molecule has 0 unspecified atom stereocenters. The third-order valence-corrected chi connectivity index (χ3v) is 4.17. The molecule has 0 spiro atoms. The van der Waals surface area contributed by atoms with Gasteiger partial charge in [0, 0.05) is 25.2 Å². The fourth-order valence-corrected chi connectivity index (χ4v) is 2.90. The van der Waals surface area contributed by atoms with Crippen LogP contribution in [0, 0.1) is 11.3 Å². The number of nitrogens with one attached hydrogen (secondary N) is 2. The minimum absolute atomic E-state index is 0.126. The van der Waals surface area contributed by atoms with Crippen molar-refractivity contribution in [2.75, 3.05) is 33.2 Å². The van der Waals surface area contributed by atoms with Gasteiger partial charge in [-0.25, -0.2) is 0 Å². The maximum atomic E-state index is 12.7. The van der Waals surface area contributed by atoms with Gasteiger partial charge in [0.05, 0.1) is 23.7 Å². The van der Waals surface area contributed by atoms with Gasteiger partial charge in [-0.05, 0) is 31.2 Å². The van der Waals surface area contributed by atoms with Crippen molar-refractivity contribution in [3.8, 4) is 11.8 Å². The van der Waals surface area contributed by atoms with Crippen molar-refractivity contribution < 1.29 is 9.90 Å². The number of benzene rings is 1. The molecule has 0 saturated carbocycles. The number of amides is 1. The van der Waals surface area contributed by atoms with Crippen LogP contribution < -0.4 is 10.6 Å². The number of aliphatic imine (C=N–C) groups is 1. The second-order valence-electron chi connectivity index (χ2n) is 5.85. The number of carbonyl (C=O) groups excluding carboxylic acids is 1. The topological polar surface area (TPSA) is 101 Å². The number of carbonyl (C=O) groups is 1. The summed E-state index contributed by atoms with van der Waals surface area (Å²) in [5, 5.41) is 25.3. The highest BCUT2D eigenvalue weighted by molar-refractivity contribution is 6.10. The minimum atomic E-state index is -0.465. The zero-order valence-corrected chi connectivity index (χ0v) is 13.5. The lowest BCUT2D eigenvalue weighted by Crippen LogP contribution is -2.38. The van der Waals surface area contributed by atoms with E-state index >= 15 is 0 Å². The predicted molar refractivity (Wildman–Crippen MR) is 90.7 cm³/mol. The summed E-state index contributed by atoms with van der Waals surface area (Å²) in [5.74, 6) is -0.211. The van der Waals surface area contributed by atoms with Gasteiger partial charge in [0.1, 0.15) is 5.75 Å². The lowest BCUT2D eigenvalue weighted by atomic mass is 9.90. The first-order valence-corrected chi connectivity index (χ1v) is 7.84. The van der Waals surface area contributed by atoms with E-state index in [1.165, 1.54) is 6.07 Å². The van der Waals surface area contributed by atoms with Gasteiger partial charge < -0.3 is 15.3 Å². The van der Waals surface area contributed by atoms with Crippen LogP contribution in [0.1, 0.15) is 27.9 Å². The summed E-state index contributed by atoms with van der Waals surface area (Å²) in [6, 6.07) is 5.06. The van der Waals surface area contributed by atoms with E-state index < -0.39 is 5.91 Å². The molecule has 2 aliphatic heterocycles. The number of rotatable bonds is 2. The van der Waals surface area contributed by atoms with Crippen LogP contribution in [-0.4, -0.2) is 55.1 Å². The van der Waals surface area contributed by atoms with Gasteiger partial charge in [-0.1, -0.05) is 6.08 Å². The minimum Gasteiger partial charge on any atom is -0.507 e. The molecule has 3 N–H and O–H groups in total. The van der Waals surface area contributed by atoms with Crippen molar-refractivity contribution in [3.05, 3.63) is 34.9 Å². The van der Waals surface area contributed by atoms with Crippen LogP contribution in [0.2, 0.25) is 0 Å². The average molecular weight is 325 g/mol. The van der Waals surface area contributed by atoms with E-state index in [4.69, 9.17) is 0 Å². The number of phenols is 1. The number of aromatic hydroxyl groups is 1. The van der Waals surface area contributed by atoms with Crippen LogP contribution in [0.3, 0.4) is 0 Å². The first-order valence-electron chi connectivity index (χ1n) is 7.84. The predicted octanol–water partition coefficient (Wildman–Crippen LogP) is 0.672. The normalized spacial score (nSPS) is 17.5. The van der Waals surface area contributed by atoms with E-state index in [0.717, 1.165) is 18.7 Å². The van der Waals surface area contributed by atoms with Crippen molar-refractivity contribution in [1.82, 2.24) is 15.5 Å². The Labute approximate surface area is 140 Å². The molecule has 3 rings (SSSR count). The first-order chi connectivity index (χ1) is 11.6. The fraction of sp³-hybridized carbons (Fsp3) is 0.353. The third kappa shape index (κ3) is 3.09. The molecule has 7 heteroatoms. The molecule has 1 aromatic carbocycles. The molecule has 0 aliphatic carbocycles. The average Bonchev–Trinajstić information content (AvgIpc) is 3.08. The number of hydrogen-bond donors (Lipinski definition) is 3. The van der Waals surface area contributed by atoms with Crippen LogP contribution in [-0.2, 0) is 0 Å². The molecule has 0 aromatic heterocycles. The largest absolute Gasteiger partial charge is 0.507 e. The zero-order chi connectivity index (χ0) is 17.1. The van der Waals surface area contributed by atoms with Crippen molar-refractivity contribution in [3.63, 3.8) is 0 Å². The van der Waals surface area contributed by atoms with Gasteiger partial charge in [0.15, 0.2) is 5.96 Å². The molecule has 24 heavy (non-hydrogen) atoms. The summed E-state index contributed by atoms with van der Waals surface area (Å²) >= 11 is 0.